The predicted octanol–water partition coefficient (Wildman–Crippen LogP) is 2.92. The fraction of sp³-hybridized carbons (Fsp3) is 0.409. The largest absolute Gasteiger partial charge is 0.495 e. The standard InChI is InChI=1S/C22H29N3O4/c1-17-8-9-20(21(16-17)28-3)29-15-10-23-22(26)25-13-11-24(12-14-25)18-6-4-5-7-19(18)27-2/h4-9,16H,10-15H2,1-3H3,(H,23,26). The molecule has 0 unspecified atom stereocenters. The Labute approximate surface area is 172 Å². The van der Waals surface area contributed by atoms with Gasteiger partial charge >= 0.3 is 6.03 Å². The molecule has 0 aliphatic carbocycles. The lowest BCUT2D eigenvalue weighted by atomic mass is 10.2. The number of hydrogen-bond donors (Lipinski definition) is 1. The van der Waals surface area contributed by atoms with Gasteiger partial charge in [-0.05, 0) is 36.8 Å². The average Bonchev–Trinajstić information content (AvgIpc) is 2.77. The third kappa shape index (κ3) is 5.25. The van der Waals surface area contributed by atoms with E-state index in [1.54, 1.807) is 14.2 Å². The van der Waals surface area contributed by atoms with Crippen molar-refractivity contribution in [3.63, 3.8) is 0 Å². The monoisotopic (exact) mass is 399 g/mol. The highest BCUT2D eigenvalue weighted by Crippen LogP contribution is 2.29. The first-order valence-corrected chi connectivity index (χ1v) is 9.80. The third-order valence-corrected chi connectivity index (χ3v) is 4.95. The number of hydrogen-bond acceptors (Lipinski definition) is 5. The SMILES string of the molecule is COc1cc(C)ccc1OCCNC(=O)N1CCN(c2ccccc2OC)CC1. The van der Waals surface area contributed by atoms with Crippen LogP contribution in [-0.2, 0) is 0 Å². The van der Waals surface area contributed by atoms with Crippen molar-refractivity contribution < 1.29 is 19.0 Å². The minimum atomic E-state index is -0.0656. The summed E-state index contributed by atoms with van der Waals surface area (Å²) >= 11 is 0. The molecule has 0 saturated carbocycles. The molecule has 1 aliphatic heterocycles. The number of carbonyl (C=O) groups is 1. The third-order valence-electron chi connectivity index (χ3n) is 4.95. The van der Waals surface area contributed by atoms with Gasteiger partial charge in [0.15, 0.2) is 11.5 Å². The van der Waals surface area contributed by atoms with E-state index in [2.05, 4.69) is 10.2 Å². The van der Waals surface area contributed by atoms with E-state index >= 15 is 0 Å². The van der Waals surface area contributed by atoms with Crippen LogP contribution in [0.3, 0.4) is 0 Å². The molecule has 0 atom stereocenters. The summed E-state index contributed by atoms with van der Waals surface area (Å²) in [5, 5.41) is 2.93. The lowest BCUT2D eigenvalue weighted by molar-refractivity contribution is 0.191. The van der Waals surface area contributed by atoms with E-state index in [9.17, 15) is 4.79 Å². The number of ether oxygens (including phenoxy) is 3. The Morgan fingerprint density at radius 1 is 0.966 bits per heavy atom. The zero-order valence-corrected chi connectivity index (χ0v) is 17.3. The van der Waals surface area contributed by atoms with Crippen molar-refractivity contribution in [3.05, 3.63) is 48.0 Å². The summed E-state index contributed by atoms with van der Waals surface area (Å²) in [4.78, 5) is 16.5. The number of piperazine rings is 1. The molecule has 156 valence electrons. The fourth-order valence-corrected chi connectivity index (χ4v) is 3.37. The molecule has 0 radical (unpaired) electrons. The molecular formula is C22H29N3O4. The van der Waals surface area contributed by atoms with Crippen LogP contribution in [0.1, 0.15) is 5.56 Å². The van der Waals surface area contributed by atoms with Gasteiger partial charge < -0.3 is 29.3 Å². The average molecular weight is 399 g/mol. The number of amides is 2. The second-order valence-electron chi connectivity index (χ2n) is 6.88. The number of rotatable bonds is 7. The van der Waals surface area contributed by atoms with Crippen LogP contribution in [0.2, 0.25) is 0 Å². The minimum Gasteiger partial charge on any atom is -0.495 e. The van der Waals surface area contributed by atoms with Crippen LogP contribution in [0.15, 0.2) is 42.5 Å². The Bertz CT molecular complexity index is 819. The van der Waals surface area contributed by atoms with Crippen LogP contribution in [-0.4, -0.2) is 64.5 Å². The molecule has 1 saturated heterocycles. The van der Waals surface area contributed by atoms with Crippen molar-refractivity contribution in [1.82, 2.24) is 10.2 Å². The van der Waals surface area contributed by atoms with Gasteiger partial charge in [0.05, 0.1) is 26.5 Å². The van der Waals surface area contributed by atoms with Crippen molar-refractivity contribution >= 4 is 11.7 Å². The summed E-state index contributed by atoms with van der Waals surface area (Å²) in [7, 11) is 3.30. The van der Waals surface area contributed by atoms with Crippen molar-refractivity contribution in [2.75, 3.05) is 58.5 Å². The summed E-state index contributed by atoms with van der Waals surface area (Å²) in [5.41, 5.74) is 2.17. The predicted molar refractivity (Wildman–Crippen MR) is 113 cm³/mol. The summed E-state index contributed by atoms with van der Waals surface area (Å²) in [5.74, 6) is 2.23. The maximum absolute atomic E-state index is 12.4. The number of anilines is 1. The van der Waals surface area contributed by atoms with E-state index in [4.69, 9.17) is 14.2 Å². The summed E-state index contributed by atoms with van der Waals surface area (Å²) in [6.07, 6.45) is 0. The van der Waals surface area contributed by atoms with E-state index in [1.807, 2.05) is 54.3 Å². The summed E-state index contributed by atoms with van der Waals surface area (Å²) in [6.45, 7) is 5.68. The number of methoxy groups -OCH3 is 2. The first-order chi connectivity index (χ1) is 14.1. The zero-order chi connectivity index (χ0) is 20.6. The molecule has 0 aromatic heterocycles. The van der Waals surface area contributed by atoms with Gasteiger partial charge in [-0.2, -0.15) is 0 Å². The molecule has 2 amide bonds. The molecule has 2 aromatic carbocycles. The number of nitrogens with zero attached hydrogens (tertiary/aromatic N) is 2. The highest BCUT2D eigenvalue weighted by atomic mass is 16.5. The van der Waals surface area contributed by atoms with Gasteiger partial charge in [0.1, 0.15) is 12.4 Å². The molecule has 1 heterocycles. The number of nitrogens with one attached hydrogen (secondary N) is 1. The fourth-order valence-electron chi connectivity index (χ4n) is 3.37. The number of carbonyl (C=O) groups excluding carboxylic acids is 1. The molecule has 7 nitrogen and oxygen atoms in total. The number of aryl methyl sites for hydroxylation is 1. The first kappa shape index (κ1) is 20.6. The Morgan fingerprint density at radius 2 is 1.69 bits per heavy atom. The van der Waals surface area contributed by atoms with Gasteiger partial charge in [-0.3, -0.25) is 0 Å². The van der Waals surface area contributed by atoms with Crippen LogP contribution in [0.5, 0.6) is 17.2 Å². The molecule has 0 bridgehead atoms. The van der Waals surface area contributed by atoms with Crippen LogP contribution < -0.4 is 24.4 Å². The molecule has 1 N–H and O–H groups in total. The molecule has 1 fully saturated rings. The van der Waals surface area contributed by atoms with Gasteiger partial charge in [0.25, 0.3) is 0 Å². The van der Waals surface area contributed by atoms with Gasteiger partial charge in [-0.1, -0.05) is 18.2 Å². The molecule has 1 aliphatic rings. The lowest BCUT2D eigenvalue weighted by Crippen LogP contribution is -2.52. The summed E-state index contributed by atoms with van der Waals surface area (Å²) in [6, 6.07) is 13.7. The molecular weight excluding hydrogens is 370 g/mol. The van der Waals surface area contributed by atoms with Gasteiger partial charge in [0, 0.05) is 26.2 Å². The smallest absolute Gasteiger partial charge is 0.317 e. The van der Waals surface area contributed by atoms with E-state index in [1.165, 1.54) is 0 Å². The molecule has 0 spiro atoms. The molecule has 3 rings (SSSR count). The number of para-hydroxylation sites is 2. The van der Waals surface area contributed by atoms with Crippen molar-refractivity contribution in [1.29, 1.82) is 0 Å². The first-order valence-electron chi connectivity index (χ1n) is 9.80. The van der Waals surface area contributed by atoms with Gasteiger partial charge in [-0.15, -0.1) is 0 Å². The van der Waals surface area contributed by atoms with Crippen molar-refractivity contribution in [3.8, 4) is 17.2 Å². The second kappa shape index (κ2) is 9.91. The number of benzene rings is 2. The lowest BCUT2D eigenvalue weighted by Gasteiger charge is -2.36. The second-order valence-corrected chi connectivity index (χ2v) is 6.88. The van der Waals surface area contributed by atoms with Crippen molar-refractivity contribution in [2.45, 2.75) is 6.92 Å². The molecule has 7 heteroatoms. The number of urea groups is 1. The highest BCUT2D eigenvalue weighted by Gasteiger charge is 2.22. The maximum atomic E-state index is 12.4. The van der Waals surface area contributed by atoms with Crippen LogP contribution in [0, 0.1) is 6.92 Å². The molecule has 29 heavy (non-hydrogen) atoms. The van der Waals surface area contributed by atoms with Crippen LogP contribution >= 0.6 is 0 Å². The molecule has 2 aromatic rings. The van der Waals surface area contributed by atoms with E-state index in [0.717, 1.165) is 30.1 Å². The van der Waals surface area contributed by atoms with Crippen LogP contribution in [0.25, 0.3) is 0 Å². The summed E-state index contributed by atoms with van der Waals surface area (Å²) < 4.78 is 16.5. The Hall–Kier alpha value is -3.09. The van der Waals surface area contributed by atoms with Gasteiger partial charge in [-0.25, -0.2) is 4.79 Å². The van der Waals surface area contributed by atoms with Crippen molar-refractivity contribution in [2.24, 2.45) is 0 Å². The van der Waals surface area contributed by atoms with E-state index in [0.29, 0.717) is 37.7 Å². The maximum Gasteiger partial charge on any atom is 0.317 e. The van der Waals surface area contributed by atoms with Crippen LogP contribution in [0.4, 0.5) is 10.5 Å². The van der Waals surface area contributed by atoms with E-state index in [-0.39, 0.29) is 6.03 Å². The minimum absolute atomic E-state index is 0.0656. The highest BCUT2D eigenvalue weighted by molar-refractivity contribution is 5.74. The Morgan fingerprint density at radius 3 is 2.41 bits per heavy atom. The normalized spacial score (nSPS) is 13.8. The zero-order valence-electron chi connectivity index (χ0n) is 17.3. The van der Waals surface area contributed by atoms with Gasteiger partial charge in [0.2, 0.25) is 0 Å². The Kier molecular flexibility index (Phi) is 7.05. The Balaban J connectivity index is 1.42. The van der Waals surface area contributed by atoms with E-state index < -0.39 is 0 Å². The topological polar surface area (TPSA) is 63.3 Å². The quantitative estimate of drug-likeness (QED) is 0.726.